The molecule has 2 rings (SSSR count). The van der Waals surface area contributed by atoms with Gasteiger partial charge < -0.3 is 9.47 Å². The van der Waals surface area contributed by atoms with Crippen molar-refractivity contribution >= 4 is 12.1 Å². The maximum atomic E-state index is 13.0. The first-order valence-corrected chi connectivity index (χ1v) is 9.50. The van der Waals surface area contributed by atoms with Crippen LogP contribution in [0.1, 0.15) is 25.0 Å². The number of ether oxygens (including phenoxy) is 2. The highest BCUT2D eigenvalue weighted by atomic mass is 16.6. The van der Waals surface area contributed by atoms with Crippen LogP contribution in [0.4, 0.5) is 4.79 Å². The third-order valence-electron chi connectivity index (χ3n) is 4.36. The molecule has 5 nitrogen and oxygen atoms in total. The highest BCUT2D eigenvalue weighted by molar-refractivity contribution is 5.87. The first-order chi connectivity index (χ1) is 14.5. The molecule has 0 aliphatic heterocycles. The molecule has 2 aromatic carbocycles. The van der Waals surface area contributed by atoms with Crippen molar-refractivity contribution < 1.29 is 19.1 Å². The van der Waals surface area contributed by atoms with Crippen molar-refractivity contribution in [2.24, 2.45) is 0 Å². The molecule has 0 unspecified atom stereocenters. The number of carbonyl (C=O) groups is 2. The number of esters is 1. The lowest BCUT2D eigenvalue weighted by atomic mass is 10.00. The Hall–Kier alpha value is -3.74. The summed E-state index contributed by atoms with van der Waals surface area (Å²) in [5.41, 5.74) is 3.09. The van der Waals surface area contributed by atoms with Gasteiger partial charge in [0.2, 0.25) is 0 Å². The van der Waals surface area contributed by atoms with E-state index in [1.54, 1.807) is 19.9 Å². The zero-order valence-electron chi connectivity index (χ0n) is 17.4. The highest BCUT2D eigenvalue weighted by Gasteiger charge is 2.42. The van der Waals surface area contributed by atoms with Crippen LogP contribution in [0.5, 0.6) is 0 Å². The zero-order chi connectivity index (χ0) is 21.8. The average Bonchev–Trinajstić information content (AvgIpc) is 2.79. The number of methoxy groups -OCH3 is 1. The zero-order valence-corrected chi connectivity index (χ0v) is 17.4. The monoisotopic (exact) mass is 403 g/mol. The summed E-state index contributed by atoms with van der Waals surface area (Å²) in [5, 5.41) is 0. The summed E-state index contributed by atoms with van der Waals surface area (Å²) in [6.45, 7) is 3.38. The van der Waals surface area contributed by atoms with Gasteiger partial charge in [0, 0.05) is 5.56 Å². The number of nitrogens with zero attached hydrogens (tertiary/aromatic N) is 1. The Morgan fingerprint density at radius 3 is 2.30 bits per heavy atom. The number of hydrogen-bond acceptors (Lipinski definition) is 4. The fraction of sp³-hybridized carbons (Fsp3) is 0.240. The molecule has 0 aromatic heterocycles. The fourth-order valence-electron chi connectivity index (χ4n) is 2.66. The van der Waals surface area contributed by atoms with E-state index in [1.165, 1.54) is 18.1 Å². The summed E-state index contributed by atoms with van der Waals surface area (Å²) < 4.78 is 10.4. The topological polar surface area (TPSA) is 55.8 Å². The van der Waals surface area contributed by atoms with E-state index >= 15 is 0 Å². The van der Waals surface area contributed by atoms with Crippen LogP contribution < -0.4 is 0 Å². The number of benzene rings is 2. The molecule has 0 saturated heterocycles. The first-order valence-electron chi connectivity index (χ1n) is 9.50. The standard InChI is InChI=1S/C25H25NO4/c1-4-5-18-25(2,23(27)29-3)26(19-12-17-21-13-8-6-9-14-21)24(28)30-20-22-15-10-7-11-16-22/h4,6-11,13-16,18H,19-20H2,1-3H3/t5?,25-/m0/s1. The smallest absolute Gasteiger partial charge is 0.412 e. The molecule has 30 heavy (non-hydrogen) atoms. The molecular weight excluding hydrogens is 378 g/mol. The van der Waals surface area contributed by atoms with Gasteiger partial charge in [-0.1, -0.05) is 60.4 Å². The summed E-state index contributed by atoms with van der Waals surface area (Å²) in [5.74, 6) is 5.33. The number of hydrogen-bond donors (Lipinski definition) is 0. The van der Waals surface area contributed by atoms with Gasteiger partial charge in [0.05, 0.1) is 13.7 Å². The van der Waals surface area contributed by atoms with Crippen LogP contribution in [0, 0.1) is 11.8 Å². The maximum Gasteiger partial charge on any atom is 0.412 e. The molecule has 1 atom stereocenters. The Bertz CT molecular complexity index is 962. The van der Waals surface area contributed by atoms with Crippen molar-refractivity contribution in [2.75, 3.05) is 13.7 Å². The van der Waals surface area contributed by atoms with Crippen LogP contribution in [0.2, 0.25) is 0 Å². The van der Waals surface area contributed by atoms with Crippen molar-refractivity contribution in [3.8, 4) is 11.8 Å². The van der Waals surface area contributed by atoms with E-state index < -0.39 is 17.6 Å². The molecule has 1 amide bonds. The lowest BCUT2D eigenvalue weighted by Crippen LogP contribution is -2.54. The molecule has 5 heteroatoms. The Labute approximate surface area is 177 Å². The van der Waals surface area contributed by atoms with E-state index in [2.05, 4.69) is 17.6 Å². The van der Waals surface area contributed by atoms with Gasteiger partial charge in [-0.25, -0.2) is 9.59 Å². The Kier molecular flexibility index (Phi) is 8.50. The minimum absolute atomic E-state index is 0.0317. The van der Waals surface area contributed by atoms with Crippen molar-refractivity contribution in [2.45, 2.75) is 26.0 Å². The van der Waals surface area contributed by atoms with Crippen molar-refractivity contribution in [1.82, 2.24) is 4.90 Å². The predicted octanol–water partition coefficient (Wildman–Crippen LogP) is 4.34. The SMILES string of the molecule is CC=C=C[C@@](C)(C(=O)OC)N(CC#Cc1ccccc1)C(=O)OCc1ccccc1. The van der Waals surface area contributed by atoms with Crippen molar-refractivity contribution in [3.05, 3.63) is 89.7 Å². The van der Waals surface area contributed by atoms with Gasteiger partial charge in [0.1, 0.15) is 6.61 Å². The van der Waals surface area contributed by atoms with E-state index in [0.29, 0.717) is 0 Å². The second-order valence-electron chi connectivity index (χ2n) is 6.53. The van der Waals surface area contributed by atoms with Crippen LogP contribution >= 0.6 is 0 Å². The predicted molar refractivity (Wildman–Crippen MR) is 115 cm³/mol. The number of amides is 1. The summed E-state index contributed by atoms with van der Waals surface area (Å²) in [6, 6.07) is 18.7. The molecule has 0 fully saturated rings. The van der Waals surface area contributed by atoms with Crippen molar-refractivity contribution in [1.29, 1.82) is 0 Å². The fourth-order valence-corrected chi connectivity index (χ4v) is 2.66. The largest absolute Gasteiger partial charge is 0.467 e. The van der Waals surface area contributed by atoms with Crippen LogP contribution in [-0.4, -0.2) is 36.2 Å². The summed E-state index contributed by atoms with van der Waals surface area (Å²) in [4.78, 5) is 26.8. The maximum absolute atomic E-state index is 13.0. The van der Waals surface area contributed by atoms with E-state index in [-0.39, 0.29) is 13.2 Å². The molecule has 0 saturated carbocycles. The van der Waals surface area contributed by atoms with Crippen LogP contribution in [0.3, 0.4) is 0 Å². The molecular formula is C25H25NO4. The van der Waals surface area contributed by atoms with Gasteiger partial charge in [-0.3, -0.25) is 4.90 Å². The minimum atomic E-state index is -1.43. The molecule has 0 heterocycles. The van der Waals surface area contributed by atoms with E-state index in [1.807, 2.05) is 60.7 Å². The van der Waals surface area contributed by atoms with Gasteiger partial charge >= 0.3 is 12.1 Å². The van der Waals surface area contributed by atoms with Gasteiger partial charge in [-0.2, -0.15) is 0 Å². The third kappa shape index (κ3) is 6.13. The van der Waals surface area contributed by atoms with Gasteiger partial charge in [0.15, 0.2) is 5.54 Å². The molecule has 0 spiro atoms. The highest BCUT2D eigenvalue weighted by Crippen LogP contribution is 2.20. The molecule has 0 bridgehead atoms. The number of rotatable bonds is 6. The molecule has 2 aromatic rings. The molecule has 0 radical (unpaired) electrons. The Balaban J connectivity index is 2.32. The van der Waals surface area contributed by atoms with E-state index in [9.17, 15) is 9.59 Å². The first kappa shape index (κ1) is 22.5. The van der Waals surface area contributed by atoms with Gasteiger partial charge in [-0.05, 0) is 43.7 Å². The number of carbonyl (C=O) groups excluding carboxylic acids is 2. The molecule has 0 aliphatic rings. The lowest BCUT2D eigenvalue weighted by molar-refractivity contribution is -0.150. The average molecular weight is 403 g/mol. The third-order valence-corrected chi connectivity index (χ3v) is 4.36. The molecule has 0 N–H and O–H groups in total. The van der Waals surface area contributed by atoms with Crippen LogP contribution in [0.15, 0.2) is 78.5 Å². The Morgan fingerprint density at radius 1 is 1.07 bits per heavy atom. The lowest BCUT2D eigenvalue weighted by Gasteiger charge is -2.34. The van der Waals surface area contributed by atoms with E-state index in [4.69, 9.17) is 9.47 Å². The molecule has 0 aliphatic carbocycles. The van der Waals surface area contributed by atoms with E-state index in [0.717, 1.165) is 11.1 Å². The Morgan fingerprint density at radius 2 is 1.70 bits per heavy atom. The quantitative estimate of drug-likeness (QED) is 0.409. The normalized spacial score (nSPS) is 11.6. The van der Waals surface area contributed by atoms with Crippen LogP contribution in [-0.2, 0) is 20.9 Å². The second-order valence-corrected chi connectivity index (χ2v) is 6.53. The summed E-state index contributed by atoms with van der Waals surface area (Å²) in [6.07, 6.45) is 2.44. The molecule has 154 valence electrons. The van der Waals surface area contributed by atoms with Crippen molar-refractivity contribution in [3.63, 3.8) is 0 Å². The summed E-state index contributed by atoms with van der Waals surface area (Å²) >= 11 is 0. The van der Waals surface area contributed by atoms with Gasteiger partial charge in [0.25, 0.3) is 0 Å². The second kappa shape index (κ2) is 11.3. The van der Waals surface area contributed by atoms with Crippen LogP contribution in [0.25, 0.3) is 0 Å². The van der Waals surface area contributed by atoms with Gasteiger partial charge in [-0.15, -0.1) is 5.73 Å². The minimum Gasteiger partial charge on any atom is -0.467 e. The summed E-state index contributed by atoms with van der Waals surface area (Å²) in [7, 11) is 1.27.